The molecule has 1 aliphatic heterocycles. The number of aliphatic hydroxyl groups excluding tert-OH is 1. The first-order chi connectivity index (χ1) is 9.63. The van der Waals surface area contributed by atoms with E-state index < -0.39 is 0 Å². The minimum atomic E-state index is -0.372. The molecule has 2 fully saturated rings. The summed E-state index contributed by atoms with van der Waals surface area (Å²) < 4.78 is 7.78. The minimum Gasteiger partial charge on any atom is -0.390 e. The van der Waals surface area contributed by atoms with Crippen LogP contribution in [0.1, 0.15) is 25.5 Å². The molecular formula is C12H14ClN5O2. The molecule has 20 heavy (non-hydrogen) atoms. The fraction of sp³-hybridized carbons (Fsp3) is 0.583. The van der Waals surface area contributed by atoms with Crippen molar-refractivity contribution in [2.45, 2.75) is 37.7 Å². The van der Waals surface area contributed by atoms with Crippen molar-refractivity contribution in [3.8, 4) is 0 Å². The summed E-state index contributed by atoms with van der Waals surface area (Å²) >= 11 is 6.01. The standard InChI is InChI=1S/C12H14ClN5O2/c13-10-8-11(17-12(14)16-10)18(4-15-8)7-3-5-1-2-6(19)9(5)20-7/h4-7,9,19H,1-3H2,(H2,14,16,17)/t5-,6?,7?,9+/m1/s1. The molecule has 0 radical (unpaired) electrons. The van der Waals surface area contributed by atoms with Crippen LogP contribution in [0.4, 0.5) is 5.95 Å². The number of nitrogen functional groups attached to an aromatic ring is 1. The molecule has 2 aromatic rings. The smallest absolute Gasteiger partial charge is 0.223 e. The molecule has 2 aromatic heterocycles. The number of nitrogens with two attached hydrogens (primary N) is 1. The van der Waals surface area contributed by atoms with E-state index >= 15 is 0 Å². The van der Waals surface area contributed by atoms with Gasteiger partial charge in [0.15, 0.2) is 10.8 Å². The Balaban J connectivity index is 1.73. The van der Waals surface area contributed by atoms with Crippen LogP contribution in [0.15, 0.2) is 6.33 Å². The van der Waals surface area contributed by atoms with Gasteiger partial charge in [-0.3, -0.25) is 4.57 Å². The Morgan fingerprint density at radius 3 is 3.05 bits per heavy atom. The fourth-order valence-corrected chi connectivity index (χ4v) is 3.48. The maximum atomic E-state index is 9.90. The van der Waals surface area contributed by atoms with Gasteiger partial charge in [0, 0.05) is 0 Å². The molecule has 4 rings (SSSR count). The Hall–Kier alpha value is -1.44. The summed E-state index contributed by atoms with van der Waals surface area (Å²) in [6.45, 7) is 0. The molecule has 1 saturated carbocycles. The Kier molecular flexibility index (Phi) is 2.63. The number of fused-ring (bicyclic) bond motifs is 2. The lowest BCUT2D eigenvalue weighted by Gasteiger charge is -2.16. The topological polar surface area (TPSA) is 99.1 Å². The van der Waals surface area contributed by atoms with Gasteiger partial charge >= 0.3 is 0 Å². The molecule has 0 aromatic carbocycles. The number of aromatic nitrogens is 4. The molecule has 106 valence electrons. The molecule has 0 amide bonds. The Morgan fingerprint density at radius 1 is 1.40 bits per heavy atom. The van der Waals surface area contributed by atoms with Crippen molar-refractivity contribution in [1.29, 1.82) is 0 Å². The van der Waals surface area contributed by atoms with Crippen molar-refractivity contribution in [2.24, 2.45) is 5.92 Å². The third-order valence-corrected chi connectivity index (χ3v) is 4.47. The second-order valence-electron chi connectivity index (χ2n) is 5.39. The summed E-state index contributed by atoms with van der Waals surface area (Å²) in [7, 11) is 0. The first-order valence-corrected chi connectivity index (χ1v) is 7.00. The molecule has 2 aliphatic rings. The predicted octanol–water partition coefficient (Wildman–Crippen LogP) is 1.12. The summed E-state index contributed by atoms with van der Waals surface area (Å²) in [6.07, 6.45) is 3.64. The van der Waals surface area contributed by atoms with Gasteiger partial charge in [-0.15, -0.1) is 0 Å². The van der Waals surface area contributed by atoms with E-state index in [0.29, 0.717) is 17.1 Å². The molecule has 2 unspecified atom stereocenters. The Morgan fingerprint density at radius 2 is 2.25 bits per heavy atom. The second kappa shape index (κ2) is 4.28. The number of halogens is 1. The molecule has 7 nitrogen and oxygen atoms in total. The van der Waals surface area contributed by atoms with Crippen molar-refractivity contribution in [1.82, 2.24) is 19.5 Å². The summed E-state index contributed by atoms with van der Waals surface area (Å²) in [5, 5.41) is 10.1. The molecule has 3 heterocycles. The van der Waals surface area contributed by atoms with Gasteiger partial charge in [-0.25, -0.2) is 4.98 Å². The molecule has 4 atom stereocenters. The minimum absolute atomic E-state index is 0.0906. The highest BCUT2D eigenvalue weighted by atomic mass is 35.5. The van der Waals surface area contributed by atoms with Crippen molar-refractivity contribution in [2.75, 3.05) is 5.73 Å². The van der Waals surface area contributed by atoms with Crippen molar-refractivity contribution in [3.05, 3.63) is 11.5 Å². The summed E-state index contributed by atoms with van der Waals surface area (Å²) in [6, 6.07) is 0. The van der Waals surface area contributed by atoms with Crippen LogP contribution < -0.4 is 5.73 Å². The third kappa shape index (κ3) is 1.70. The van der Waals surface area contributed by atoms with Gasteiger partial charge in [0.25, 0.3) is 0 Å². The quantitative estimate of drug-likeness (QED) is 0.765. The van der Waals surface area contributed by atoms with Crippen LogP contribution in [0.3, 0.4) is 0 Å². The number of ether oxygens (including phenoxy) is 1. The van der Waals surface area contributed by atoms with Gasteiger partial charge in [0.2, 0.25) is 5.95 Å². The van der Waals surface area contributed by atoms with Crippen molar-refractivity contribution in [3.63, 3.8) is 0 Å². The maximum absolute atomic E-state index is 9.90. The Labute approximate surface area is 119 Å². The predicted molar refractivity (Wildman–Crippen MR) is 72.0 cm³/mol. The number of aliphatic hydroxyl groups is 1. The molecule has 1 saturated heterocycles. The van der Waals surface area contributed by atoms with E-state index in [-0.39, 0.29) is 29.5 Å². The van der Waals surface area contributed by atoms with E-state index in [4.69, 9.17) is 22.1 Å². The van der Waals surface area contributed by atoms with Gasteiger partial charge in [-0.1, -0.05) is 11.6 Å². The summed E-state index contributed by atoms with van der Waals surface area (Å²) in [5.41, 5.74) is 6.72. The lowest BCUT2D eigenvalue weighted by molar-refractivity contribution is -0.0525. The van der Waals surface area contributed by atoms with Gasteiger partial charge in [0.1, 0.15) is 11.7 Å². The number of imidazole rings is 1. The normalized spacial score (nSPS) is 32.9. The largest absolute Gasteiger partial charge is 0.390 e. The molecule has 3 N–H and O–H groups in total. The first kappa shape index (κ1) is 12.3. The number of rotatable bonds is 1. The number of nitrogens with zero attached hydrogens (tertiary/aromatic N) is 4. The van der Waals surface area contributed by atoms with Gasteiger partial charge in [-0.2, -0.15) is 9.97 Å². The number of hydrogen-bond donors (Lipinski definition) is 2. The van der Waals surface area contributed by atoms with Crippen LogP contribution in [-0.4, -0.2) is 36.8 Å². The van der Waals surface area contributed by atoms with Gasteiger partial charge in [-0.05, 0) is 25.2 Å². The SMILES string of the molecule is Nc1nc(Cl)c2ncn(C3C[C@H]4CCC(O)[C@H]4O3)c2n1. The molecule has 0 spiro atoms. The first-order valence-electron chi connectivity index (χ1n) is 6.62. The van der Waals surface area contributed by atoms with Crippen LogP contribution in [0.25, 0.3) is 11.2 Å². The average Bonchev–Trinajstić information content (AvgIpc) is 3.05. The van der Waals surface area contributed by atoms with Gasteiger partial charge < -0.3 is 15.6 Å². The van der Waals surface area contributed by atoms with Crippen LogP contribution >= 0.6 is 11.6 Å². The third-order valence-electron chi connectivity index (χ3n) is 4.20. The molecule has 1 aliphatic carbocycles. The molecular weight excluding hydrogens is 282 g/mol. The fourth-order valence-electron chi connectivity index (χ4n) is 3.26. The second-order valence-corrected chi connectivity index (χ2v) is 5.75. The van der Waals surface area contributed by atoms with Crippen LogP contribution in [0, 0.1) is 5.92 Å². The van der Waals surface area contributed by atoms with E-state index in [9.17, 15) is 5.11 Å². The highest BCUT2D eigenvalue weighted by Gasteiger charge is 2.44. The van der Waals surface area contributed by atoms with E-state index in [1.807, 2.05) is 4.57 Å². The summed E-state index contributed by atoms with van der Waals surface area (Å²) in [5.74, 6) is 0.504. The van der Waals surface area contributed by atoms with Crippen LogP contribution in [-0.2, 0) is 4.74 Å². The number of hydrogen-bond acceptors (Lipinski definition) is 6. The highest BCUT2D eigenvalue weighted by molar-refractivity contribution is 6.33. The lowest BCUT2D eigenvalue weighted by Crippen LogP contribution is -2.23. The number of anilines is 1. The Bertz CT molecular complexity index is 675. The zero-order valence-electron chi connectivity index (χ0n) is 10.6. The average molecular weight is 296 g/mol. The van der Waals surface area contributed by atoms with E-state index in [1.54, 1.807) is 6.33 Å². The van der Waals surface area contributed by atoms with Crippen molar-refractivity contribution >= 4 is 28.7 Å². The maximum Gasteiger partial charge on any atom is 0.223 e. The van der Waals surface area contributed by atoms with E-state index in [1.165, 1.54) is 0 Å². The van der Waals surface area contributed by atoms with Gasteiger partial charge in [0.05, 0.1) is 18.5 Å². The zero-order chi connectivity index (χ0) is 13.9. The van der Waals surface area contributed by atoms with E-state index in [0.717, 1.165) is 19.3 Å². The molecule has 8 heteroatoms. The summed E-state index contributed by atoms with van der Waals surface area (Å²) in [4.78, 5) is 12.3. The molecule has 0 bridgehead atoms. The zero-order valence-corrected chi connectivity index (χ0v) is 11.4. The highest BCUT2D eigenvalue weighted by Crippen LogP contribution is 2.43. The van der Waals surface area contributed by atoms with E-state index in [2.05, 4.69) is 15.0 Å². The monoisotopic (exact) mass is 295 g/mol. The lowest BCUT2D eigenvalue weighted by atomic mass is 10.0. The van der Waals surface area contributed by atoms with Crippen molar-refractivity contribution < 1.29 is 9.84 Å². The van der Waals surface area contributed by atoms with Crippen LogP contribution in [0.2, 0.25) is 5.15 Å². The van der Waals surface area contributed by atoms with Crippen LogP contribution in [0.5, 0.6) is 0 Å².